The summed E-state index contributed by atoms with van der Waals surface area (Å²) in [5.74, 6) is -0.214. The van der Waals surface area contributed by atoms with Crippen molar-refractivity contribution in [1.29, 1.82) is 0 Å². The number of alkyl halides is 3. The Labute approximate surface area is 188 Å². The van der Waals surface area contributed by atoms with Gasteiger partial charge < -0.3 is 25.8 Å². The van der Waals surface area contributed by atoms with Crippen molar-refractivity contribution in [3.05, 3.63) is 59.9 Å². The number of amides is 3. The van der Waals surface area contributed by atoms with Crippen LogP contribution in [-0.2, 0) is 22.3 Å². The lowest BCUT2D eigenvalue weighted by Gasteiger charge is -2.35. The second-order valence-electron chi connectivity index (χ2n) is 7.64. The summed E-state index contributed by atoms with van der Waals surface area (Å²) < 4.78 is 43.7. The number of aliphatic hydroxyl groups is 1. The summed E-state index contributed by atoms with van der Waals surface area (Å²) in [6, 6.07) is 8.32. The highest BCUT2D eigenvalue weighted by atomic mass is 19.4. The third-order valence-electron chi connectivity index (χ3n) is 5.19. The van der Waals surface area contributed by atoms with Crippen molar-refractivity contribution in [1.82, 2.24) is 15.6 Å². The predicted octanol–water partition coefficient (Wildman–Crippen LogP) is 2.84. The average Bonchev–Trinajstić information content (AvgIpc) is 2.79. The molecule has 3 atom stereocenters. The summed E-state index contributed by atoms with van der Waals surface area (Å²) in [6.45, 7) is -0.0681. The van der Waals surface area contributed by atoms with Crippen LogP contribution in [0.5, 0.6) is 0 Å². The number of halogens is 3. The molecule has 1 saturated heterocycles. The lowest BCUT2D eigenvalue weighted by molar-refractivity contribution is -0.137. The maximum Gasteiger partial charge on any atom is 0.416 e. The number of benzene rings is 1. The monoisotopic (exact) mass is 466 g/mol. The van der Waals surface area contributed by atoms with E-state index in [1.807, 2.05) is 6.07 Å². The average molecular weight is 466 g/mol. The van der Waals surface area contributed by atoms with Gasteiger partial charge in [0.2, 0.25) is 5.91 Å². The molecule has 0 bridgehead atoms. The molecule has 0 saturated carbocycles. The first-order valence-electron chi connectivity index (χ1n) is 10.4. The minimum absolute atomic E-state index is 0.105. The molecule has 1 aromatic heterocycles. The Kier molecular flexibility index (Phi) is 8.23. The number of hydrogen-bond acceptors (Lipinski definition) is 5. The van der Waals surface area contributed by atoms with Gasteiger partial charge in [-0.2, -0.15) is 13.2 Å². The van der Waals surface area contributed by atoms with Crippen molar-refractivity contribution in [3.8, 4) is 0 Å². The highest BCUT2D eigenvalue weighted by Crippen LogP contribution is 2.30. The molecule has 178 valence electrons. The van der Waals surface area contributed by atoms with E-state index in [4.69, 9.17) is 4.74 Å². The van der Waals surface area contributed by atoms with E-state index in [1.54, 1.807) is 18.3 Å². The quantitative estimate of drug-likeness (QED) is 0.501. The third kappa shape index (κ3) is 7.43. The van der Waals surface area contributed by atoms with Crippen LogP contribution in [0.2, 0.25) is 0 Å². The van der Waals surface area contributed by atoms with Crippen LogP contribution in [0.4, 0.5) is 23.7 Å². The van der Waals surface area contributed by atoms with Crippen molar-refractivity contribution in [3.63, 3.8) is 0 Å². The zero-order valence-electron chi connectivity index (χ0n) is 17.6. The minimum Gasteiger partial charge on any atom is -0.394 e. The first-order chi connectivity index (χ1) is 15.7. The number of pyridine rings is 1. The number of aromatic nitrogens is 1. The molecule has 2 aromatic rings. The van der Waals surface area contributed by atoms with Crippen LogP contribution in [0, 0.1) is 0 Å². The Morgan fingerprint density at radius 2 is 1.88 bits per heavy atom. The zero-order valence-corrected chi connectivity index (χ0v) is 17.6. The fourth-order valence-corrected chi connectivity index (χ4v) is 3.50. The van der Waals surface area contributed by atoms with Crippen molar-refractivity contribution >= 4 is 17.6 Å². The van der Waals surface area contributed by atoms with Gasteiger partial charge in [0.05, 0.1) is 43.0 Å². The van der Waals surface area contributed by atoms with E-state index in [9.17, 15) is 27.9 Å². The number of rotatable bonds is 7. The molecule has 11 heteroatoms. The van der Waals surface area contributed by atoms with E-state index < -0.39 is 36.0 Å². The van der Waals surface area contributed by atoms with E-state index in [2.05, 4.69) is 20.9 Å². The number of carbonyl (C=O) groups is 2. The smallest absolute Gasteiger partial charge is 0.394 e. The van der Waals surface area contributed by atoms with Crippen LogP contribution >= 0.6 is 0 Å². The molecule has 33 heavy (non-hydrogen) atoms. The summed E-state index contributed by atoms with van der Waals surface area (Å²) in [5, 5.41) is 17.6. The van der Waals surface area contributed by atoms with E-state index in [0.29, 0.717) is 19.4 Å². The first kappa shape index (κ1) is 24.5. The van der Waals surface area contributed by atoms with Crippen LogP contribution in [0.25, 0.3) is 0 Å². The summed E-state index contributed by atoms with van der Waals surface area (Å²) in [6.07, 6.45) is -2.90. The summed E-state index contributed by atoms with van der Waals surface area (Å²) in [7, 11) is 0. The maximum absolute atomic E-state index is 12.6. The predicted molar refractivity (Wildman–Crippen MR) is 113 cm³/mol. The van der Waals surface area contributed by atoms with E-state index in [0.717, 1.165) is 30.0 Å². The summed E-state index contributed by atoms with van der Waals surface area (Å²) >= 11 is 0. The molecule has 1 aliphatic heterocycles. The summed E-state index contributed by atoms with van der Waals surface area (Å²) in [5.41, 5.74) is 0.108. The van der Waals surface area contributed by atoms with E-state index in [-0.39, 0.29) is 24.6 Å². The second-order valence-corrected chi connectivity index (χ2v) is 7.64. The van der Waals surface area contributed by atoms with Crippen molar-refractivity contribution in [2.75, 3.05) is 11.9 Å². The molecule has 0 radical (unpaired) electrons. The fraction of sp³-hybridized carbons (Fsp3) is 0.409. The number of aliphatic hydroxyl groups excluding tert-OH is 1. The molecule has 0 unspecified atom stereocenters. The highest BCUT2D eigenvalue weighted by molar-refractivity contribution is 5.89. The minimum atomic E-state index is -4.46. The van der Waals surface area contributed by atoms with Gasteiger partial charge in [0.1, 0.15) is 6.10 Å². The Balaban J connectivity index is 1.45. The number of anilines is 1. The molecule has 0 aliphatic carbocycles. The van der Waals surface area contributed by atoms with Crippen LogP contribution in [0.3, 0.4) is 0 Å². The van der Waals surface area contributed by atoms with Gasteiger partial charge in [0, 0.05) is 11.9 Å². The van der Waals surface area contributed by atoms with Gasteiger partial charge in [0.25, 0.3) is 0 Å². The SMILES string of the molecule is O=C(C[C@@H]1CC[C@H](NC(=O)Nc2ccc(C(F)(F)F)cc2)[C@H](CO)O1)NCc1ccccn1. The van der Waals surface area contributed by atoms with Crippen molar-refractivity contribution < 1.29 is 32.6 Å². The Morgan fingerprint density at radius 1 is 1.12 bits per heavy atom. The molecule has 4 N–H and O–H groups in total. The Bertz CT molecular complexity index is 925. The van der Waals surface area contributed by atoms with E-state index in [1.165, 1.54) is 0 Å². The molecular weight excluding hydrogens is 441 g/mol. The fourth-order valence-electron chi connectivity index (χ4n) is 3.50. The molecule has 1 aliphatic rings. The third-order valence-corrected chi connectivity index (χ3v) is 5.19. The van der Waals surface area contributed by atoms with Gasteiger partial charge in [-0.25, -0.2) is 4.79 Å². The highest BCUT2D eigenvalue weighted by Gasteiger charge is 2.33. The van der Waals surface area contributed by atoms with Crippen molar-refractivity contribution in [2.24, 2.45) is 0 Å². The number of nitrogens with one attached hydrogen (secondary N) is 3. The molecule has 1 fully saturated rings. The second kappa shape index (κ2) is 11.1. The molecule has 2 heterocycles. The lowest BCUT2D eigenvalue weighted by Crippen LogP contribution is -2.52. The number of carbonyl (C=O) groups excluding carboxylic acids is 2. The van der Waals surface area contributed by atoms with Crippen LogP contribution in [-0.4, -0.2) is 46.9 Å². The lowest BCUT2D eigenvalue weighted by atomic mass is 9.97. The van der Waals surface area contributed by atoms with Gasteiger partial charge in [-0.3, -0.25) is 9.78 Å². The molecule has 3 amide bonds. The molecule has 0 spiro atoms. The van der Waals surface area contributed by atoms with Crippen LogP contribution < -0.4 is 16.0 Å². The van der Waals surface area contributed by atoms with Gasteiger partial charge in [-0.15, -0.1) is 0 Å². The molecule has 1 aromatic carbocycles. The Hall–Kier alpha value is -3.18. The largest absolute Gasteiger partial charge is 0.416 e. The maximum atomic E-state index is 12.6. The number of urea groups is 1. The number of hydrogen-bond donors (Lipinski definition) is 4. The first-order valence-corrected chi connectivity index (χ1v) is 10.4. The molecule has 3 rings (SSSR count). The van der Waals surface area contributed by atoms with Gasteiger partial charge in [-0.05, 0) is 49.2 Å². The van der Waals surface area contributed by atoms with Crippen LogP contribution in [0.1, 0.15) is 30.5 Å². The zero-order chi connectivity index (χ0) is 23.8. The molecular formula is C22H25F3N4O4. The van der Waals surface area contributed by atoms with Gasteiger partial charge >= 0.3 is 12.2 Å². The van der Waals surface area contributed by atoms with Gasteiger partial charge in [-0.1, -0.05) is 6.07 Å². The summed E-state index contributed by atoms with van der Waals surface area (Å²) in [4.78, 5) is 28.6. The topological polar surface area (TPSA) is 113 Å². The number of nitrogens with zero attached hydrogens (tertiary/aromatic N) is 1. The molecule has 8 nitrogen and oxygen atoms in total. The standard InChI is InChI=1S/C22H25F3N4O4/c23-22(24,25)14-4-6-15(7-5-14)28-21(32)29-18-9-8-17(33-19(18)13-30)11-20(31)27-12-16-3-1-2-10-26-16/h1-7,10,17-19,30H,8-9,11-13H2,(H,27,31)(H2,28,29,32)/t17-,18-,19-/m0/s1. The van der Waals surface area contributed by atoms with Crippen LogP contribution in [0.15, 0.2) is 48.7 Å². The normalized spacial score (nSPS) is 20.7. The van der Waals surface area contributed by atoms with Crippen molar-refractivity contribution in [2.45, 2.75) is 50.2 Å². The number of ether oxygens (including phenoxy) is 1. The Morgan fingerprint density at radius 3 is 2.52 bits per heavy atom. The van der Waals surface area contributed by atoms with E-state index >= 15 is 0 Å². The van der Waals surface area contributed by atoms with Gasteiger partial charge in [0.15, 0.2) is 0 Å².